The Labute approximate surface area is 198 Å². The lowest BCUT2D eigenvalue weighted by Gasteiger charge is -2.35. The summed E-state index contributed by atoms with van der Waals surface area (Å²) in [5, 5.41) is 2.99. The number of aromatic nitrogens is 4. The Morgan fingerprint density at radius 3 is 2.43 bits per heavy atom. The van der Waals surface area contributed by atoms with Gasteiger partial charge in [0.1, 0.15) is 22.7 Å². The zero-order valence-electron chi connectivity index (χ0n) is 19.2. The fourth-order valence-corrected chi connectivity index (χ4v) is 4.23. The van der Waals surface area contributed by atoms with Gasteiger partial charge in [0.2, 0.25) is 5.95 Å². The molecule has 0 atom stereocenters. The second-order valence-electron chi connectivity index (χ2n) is 8.51. The van der Waals surface area contributed by atoms with Gasteiger partial charge in [-0.2, -0.15) is 4.98 Å². The third kappa shape index (κ3) is 4.26. The van der Waals surface area contributed by atoms with Gasteiger partial charge in [-0.3, -0.25) is 9.78 Å². The minimum absolute atomic E-state index is 0.0451. The average Bonchev–Trinajstić information content (AvgIpc) is 2.81. The smallest absolute Gasteiger partial charge is 0.334 e. The van der Waals surface area contributed by atoms with Crippen molar-refractivity contribution in [3.8, 4) is 5.69 Å². The van der Waals surface area contributed by atoms with Gasteiger partial charge in [-0.15, -0.1) is 0 Å². The van der Waals surface area contributed by atoms with E-state index in [-0.39, 0.29) is 17.0 Å². The number of nitrogens with zero attached hydrogens (tertiary/aromatic N) is 5. The highest BCUT2D eigenvalue weighted by molar-refractivity contribution is 5.74. The van der Waals surface area contributed by atoms with Crippen LogP contribution in [0.15, 0.2) is 52.2 Å². The van der Waals surface area contributed by atoms with E-state index in [9.17, 15) is 18.4 Å². The van der Waals surface area contributed by atoms with E-state index in [1.54, 1.807) is 0 Å². The standard InChI is InChI=1S/C24H23F2N7O2/c1-14-12-15(6-7-19(14)32-10-8-31(2)9-11-32)28-23-27-13-16-21(29-23)30-24(35)33(22(16)34)20-17(25)4-3-5-18(20)26/h3-7,12-13H,8-11H2,1-2H3,(H2,27,28,29,30,35). The van der Waals surface area contributed by atoms with Crippen molar-refractivity contribution in [3.63, 3.8) is 0 Å². The first-order valence-corrected chi connectivity index (χ1v) is 11.1. The molecule has 2 N–H and O–H groups in total. The molecule has 1 saturated heterocycles. The molecule has 0 aliphatic carbocycles. The Balaban J connectivity index is 1.45. The van der Waals surface area contributed by atoms with Crippen LogP contribution in [0.25, 0.3) is 16.7 Å². The molecule has 1 aliphatic heterocycles. The van der Waals surface area contributed by atoms with Crippen LogP contribution in [0, 0.1) is 18.6 Å². The number of para-hydroxylation sites is 1. The molecule has 2 aromatic carbocycles. The molecule has 11 heteroatoms. The number of likely N-dealkylation sites (N-methyl/N-ethyl adjacent to an activating group) is 1. The number of hydrogen-bond acceptors (Lipinski definition) is 7. The number of benzene rings is 2. The van der Waals surface area contributed by atoms with Gasteiger partial charge in [-0.1, -0.05) is 6.07 Å². The lowest BCUT2D eigenvalue weighted by molar-refractivity contribution is 0.312. The molecule has 9 nitrogen and oxygen atoms in total. The molecular weight excluding hydrogens is 456 g/mol. The second kappa shape index (κ2) is 8.91. The summed E-state index contributed by atoms with van der Waals surface area (Å²) < 4.78 is 28.8. The van der Waals surface area contributed by atoms with Crippen LogP contribution in [0.3, 0.4) is 0 Å². The van der Waals surface area contributed by atoms with E-state index in [2.05, 4.69) is 37.1 Å². The van der Waals surface area contributed by atoms with Crippen LogP contribution in [0.4, 0.5) is 26.1 Å². The zero-order chi connectivity index (χ0) is 24.7. The van der Waals surface area contributed by atoms with Crippen LogP contribution in [0.5, 0.6) is 0 Å². The van der Waals surface area contributed by atoms with Gasteiger partial charge in [0.05, 0.1) is 0 Å². The van der Waals surface area contributed by atoms with Crippen LogP contribution in [0.2, 0.25) is 0 Å². The van der Waals surface area contributed by atoms with Crippen molar-refractivity contribution in [2.24, 2.45) is 0 Å². The summed E-state index contributed by atoms with van der Waals surface area (Å²) >= 11 is 0. The second-order valence-corrected chi connectivity index (χ2v) is 8.51. The molecule has 0 amide bonds. The van der Waals surface area contributed by atoms with Crippen LogP contribution in [-0.2, 0) is 0 Å². The molecule has 3 heterocycles. The maximum Gasteiger partial charge on any atom is 0.334 e. The largest absolute Gasteiger partial charge is 0.369 e. The van der Waals surface area contributed by atoms with Crippen molar-refractivity contribution in [3.05, 3.63) is 80.6 Å². The minimum atomic E-state index is -1.04. The highest BCUT2D eigenvalue weighted by atomic mass is 19.1. The van der Waals surface area contributed by atoms with Crippen LogP contribution in [-0.4, -0.2) is 57.6 Å². The molecule has 4 aromatic rings. The highest BCUT2D eigenvalue weighted by Gasteiger charge is 2.19. The molecule has 1 aliphatic rings. The van der Waals surface area contributed by atoms with E-state index in [4.69, 9.17) is 0 Å². The molecule has 35 heavy (non-hydrogen) atoms. The molecule has 0 spiro atoms. The molecule has 2 aromatic heterocycles. The maximum atomic E-state index is 14.2. The lowest BCUT2D eigenvalue weighted by atomic mass is 10.1. The number of halogens is 2. The number of H-pyrrole nitrogens is 1. The number of anilines is 3. The average molecular weight is 479 g/mol. The Morgan fingerprint density at radius 1 is 1.03 bits per heavy atom. The predicted molar refractivity (Wildman–Crippen MR) is 130 cm³/mol. The molecule has 0 saturated carbocycles. The highest BCUT2D eigenvalue weighted by Crippen LogP contribution is 2.26. The van der Waals surface area contributed by atoms with Gasteiger partial charge in [0.15, 0.2) is 5.65 Å². The van der Waals surface area contributed by atoms with E-state index in [0.29, 0.717) is 4.57 Å². The van der Waals surface area contributed by atoms with Gasteiger partial charge in [-0.05, 0) is 49.9 Å². The molecule has 1 fully saturated rings. The summed E-state index contributed by atoms with van der Waals surface area (Å²) in [6, 6.07) is 9.01. The Bertz CT molecular complexity index is 1520. The van der Waals surface area contributed by atoms with Crippen molar-refractivity contribution in [2.75, 3.05) is 43.4 Å². The van der Waals surface area contributed by atoms with E-state index >= 15 is 0 Å². The van der Waals surface area contributed by atoms with Gasteiger partial charge in [-0.25, -0.2) is 23.1 Å². The number of aryl methyl sites for hydroxylation is 1. The Kier molecular flexibility index (Phi) is 5.77. The monoisotopic (exact) mass is 479 g/mol. The maximum absolute atomic E-state index is 14.2. The SMILES string of the molecule is Cc1cc(Nc2ncc3c(=O)n(-c4c(F)cccc4F)c(=O)[nH]c3n2)ccc1N1CCN(C)CC1. The molecule has 180 valence electrons. The molecule has 0 unspecified atom stereocenters. The van der Waals surface area contributed by atoms with Gasteiger partial charge in [0.25, 0.3) is 5.56 Å². The van der Waals surface area contributed by atoms with Crippen molar-refractivity contribution in [1.82, 2.24) is 24.4 Å². The van der Waals surface area contributed by atoms with Crippen molar-refractivity contribution in [2.45, 2.75) is 6.92 Å². The fourth-order valence-electron chi connectivity index (χ4n) is 4.23. The number of fused-ring (bicyclic) bond motifs is 1. The summed E-state index contributed by atoms with van der Waals surface area (Å²) in [5.41, 5.74) is 0.256. The van der Waals surface area contributed by atoms with Crippen LogP contribution in [0.1, 0.15) is 5.56 Å². The molecular formula is C24H23F2N7O2. The summed E-state index contributed by atoms with van der Waals surface area (Å²) in [7, 11) is 2.11. The summed E-state index contributed by atoms with van der Waals surface area (Å²) in [6.07, 6.45) is 1.21. The first-order valence-electron chi connectivity index (χ1n) is 11.1. The number of rotatable bonds is 4. The fraction of sp³-hybridized carbons (Fsp3) is 0.250. The topological polar surface area (TPSA) is 99.1 Å². The minimum Gasteiger partial charge on any atom is -0.369 e. The lowest BCUT2D eigenvalue weighted by Crippen LogP contribution is -2.44. The quantitative estimate of drug-likeness (QED) is 0.464. The normalized spacial score (nSPS) is 14.5. The van der Waals surface area contributed by atoms with Crippen LogP contribution < -0.4 is 21.5 Å². The molecule has 5 rings (SSSR count). The first-order chi connectivity index (χ1) is 16.8. The van der Waals surface area contributed by atoms with E-state index < -0.39 is 28.6 Å². The van der Waals surface area contributed by atoms with E-state index in [1.165, 1.54) is 6.20 Å². The number of aromatic amines is 1. The molecule has 0 bridgehead atoms. The predicted octanol–water partition coefficient (Wildman–Crippen LogP) is 2.55. The zero-order valence-corrected chi connectivity index (χ0v) is 19.2. The summed E-state index contributed by atoms with van der Waals surface area (Å²) in [6.45, 7) is 5.96. The van der Waals surface area contributed by atoms with Gasteiger partial charge in [0, 0.05) is 43.8 Å². The third-order valence-electron chi connectivity index (χ3n) is 6.11. The van der Waals surface area contributed by atoms with E-state index in [1.807, 2.05) is 25.1 Å². The first kappa shape index (κ1) is 22.7. The summed E-state index contributed by atoms with van der Waals surface area (Å²) in [5.74, 6) is -1.91. The Morgan fingerprint density at radius 2 is 1.74 bits per heavy atom. The van der Waals surface area contributed by atoms with Crippen LogP contribution >= 0.6 is 0 Å². The van der Waals surface area contributed by atoms with Crippen molar-refractivity contribution < 1.29 is 8.78 Å². The number of piperazine rings is 1. The Hall–Kier alpha value is -4.12. The van der Waals surface area contributed by atoms with Crippen molar-refractivity contribution >= 4 is 28.4 Å². The molecule has 0 radical (unpaired) electrons. The number of nitrogens with one attached hydrogen (secondary N) is 2. The van der Waals surface area contributed by atoms with E-state index in [0.717, 1.165) is 61.3 Å². The summed E-state index contributed by atoms with van der Waals surface area (Å²) in [4.78, 5) is 40.9. The number of hydrogen-bond donors (Lipinski definition) is 2. The van der Waals surface area contributed by atoms with Gasteiger partial charge >= 0.3 is 5.69 Å². The van der Waals surface area contributed by atoms with Crippen molar-refractivity contribution in [1.29, 1.82) is 0 Å². The third-order valence-corrected chi connectivity index (χ3v) is 6.11. The van der Waals surface area contributed by atoms with Gasteiger partial charge < -0.3 is 15.1 Å².